The molecule has 0 aromatic rings. The highest BCUT2D eigenvalue weighted by atomic mass is 16.6. The standard InChI is InChI=1S/C21H37N3O4/c1-15(25)22-16-11-13-24(14-12-16)19(26)17-9-7-5-6-8-10-18(17)23-20(27)28-21(2,3)4/h16-18H,5-14H2,1-4H3,(H,22,25)(H,23,27). The van der Waals surface area contributed by atoms with Crippen LogP contribution in [0, 0.1) is 5.92 Å². The molecule has 1 heterocycles. The van der Waals surface area contributed by atoms with E-state index >= 15 is 0 Å². The van der Waals surface area contributed by atoms with Crippen molar-refractivity contribution in [3.8, 4) is 0 Å². The summed E-state index contributed by atoms with van der Waals surface area (Å²) in [6, 6.07) is -0.0368. The molecule has 1 aliphatic heterocycles. The molecule has 1 saturated carbocycles. The van der Waals surface area contributed by atoms with E-state index in [0.717, 1.165) is 51.4 Å². The molecule has 160 valence electrons. The second kappa shape index (κ2) is 10.1. The summed E-state index contributed by atoms with van der Waals surface area (Å²) < 4.78 is 5.42. The van der Waals surface area contributed by atoms with E-state index in [1.54, 1.807) is 0 Å². The van der Waals surface area contributed by atoms with Gasteiger partial charge in [-0.15, -0.1) is 0 Å². The van der Waals surface area contributed by atoms with Gasteiger partial charge >= 0.3 is 6.09 Å². The Morgan fingerprint density at radius 2 is 1.50 bits per heavy atom. The summed E-state index contributed by atoms with van der Waals surface area (Å²) >= 11 is 0. The van der Waals surface area contributed by atoms with Gasteiger partial charge in [-0.2, -0.15) is 0 Å². The van der Waals surface area contributed by atoms with Crippen LogP contribution in [-0.4, -0.2) is 53.6 Å². The van der Waals surface area contributed by atoms with Crippen LogP contribution in [0.3, 0.4) is 0 Å². The molecule has 0 aromatic heterocycles. The Morgan fingerprint density at radius 3 is 2.07 bits per heavy atom. The van der Waals surface area contributed by atoms with Crippen molar-refractivity contribution < 1.29 is 19.1 Å². The third-order valence-electron chi connectivity index (χ3n) is 5.50. The minimum Gasteiger partial charge on any atom is -0.444 e. The molecule has 0 spiro atoms. The lowest BCUT2D eigenvalue weighted by Gasteiger charge is -2.37. The zero-order valence-electron chi connectivity index (χ0n) is 17.9. The summed E-state index contributed by atoms with van der Waals surface area (Å²) in [6.07, 6.45) is 7.00. The lowest BCUT2D eigenvalue weighted by molar-refractivity contribution is -0.138. The van der Waals surface area contributed by atoms with Crippen LogP contribution < -0.4 is 10.6 Å². The number of piperidine rings is 1. The van der Waals surface area contributed by atoms with Gasteiger partial charge in [-0.3, -0.25) is 9.59 Å². The van der Waals surface area contributed by atoms with E-state index in [4.69, 9.17) is 4.74 Å². The van der Waals surface area contributed by atoms with Crippen molar-refractivity contribution in [3.05, 3.63) is 0 Å². The Morgan fingerprint density at radius 1 is 0.893 bits per heavy atom. The van der Waals surface area contributed by atoms with Gasteiger partial charge in [-0.05, 0) is 46.5 Å². The number of nitrogens with zero attached hydrogens (tertiary/aromatic N) is 1. The smallest absolute Gasteiger partial charge is 0.407 e. The number of carbonyl (C=O) groups excluding carboxylic acids is 3. The van der Waals surface area contributed by atoms with Gasteiger partial charge in [0, 0.05) is 32.1 Å². The topological polar surface area (TPSA) is 87.7 Å². The second-order valence-corrected chi connectivity index (χ2v) is 9.15. The predicted octanol–water partition coefficient (Wildman–Crippen LogP) is 2.98. The number of likely N-dealkylation sites (tertiary alicyclic amines) is 1. The number of nitrogens with one attached hydrogen (secondary N) is 2. The minimum atomic E-state index is -0.559. The third-order valence-corrected chi connectivity index (χ3v) is 5.50. The van der Waals surface area contributed by atoms with Gasteiger partial charge in [-0.1, -0.05) is 25.7 Å². The molecule has 0 aromatic carbocycles. The van der Waals surface area contributed by atoms with Gasteiger partial charge in [-0.25, -0.2) is 4.79 Å². The van der Waals surface area contributed by atoms with Crippen LogP contribution in [0.15, 0.2) is 0 Å². The highest BCUT2D eigenvalue weighted by molar-refractivity contribution is 5.81. The van der Waals surface area contributed by atoms with Gasteiger partial charge < -0.3 is 20.3 Å². The number of amides is 3. The fourth-order valence-electron chi connectivity index (χ4n) is 4.18. The maximum atomic E-state index is 13.3. The lowest BCUT2D eigenvalue weighted by Crippen LogP contribution is -2.52. The number of carbonyl (C=O) groups is 3. The zero-order chi connectivity index (χ0) is 20.7. The third kappa shape index (κ3) is 7.32. The van der Waals surface area contributed by atoms with E-state index in [-0.39, 0.29) is 29.8 Å². The Labute approximate surface area is 168 Å². The van der Waals surface area contributed by atoms with Crippen molar-refractivity contribution in [1.29, 1.82) is 0 Å². The molecule has 2 atom stereocenters. The van der Waals surface area contributed by atoms with E-state index < -0.39 is 11.7 Å². The van der Waals surface area contributed by atoms with E-state index in [9.17, 15) is 14.4 Å². The van der Waals surface area contributed by atoms with Gasteiger partial charge in [0.05, 0.1) is 5.92 Å². The molecule has 2 rings (SSSR count). The Kier molecular flexibility index (Phi) is 8.13. The van der Waals surface area contributed by atoms with Crippen LogP contribution in [0.2, 0.25) is 0 Å². The first-order valence-electron chi connectivity index (χ1n) is 10.7. The highest BCUT2D eigenvalue weighted by Gasteiger charge is 2.35. The van der Waals surface area contributed by atoms with Crippen molar-refractivity contribution >= 4 is 17.9 Å². The highest BCUT2D eigenvalue weighted by Crippen LogP contribution is 2.26. The Bertz CT molecular complexity index is 550. The quantitative estimate of drug-likeness (QED) is 0.769. The van der Waals surface area contributed by atoms with Gasteiger partial charge in [0.1, 0.15) is 5.60 Å². The molecule has 2 N–H and O–H groups in total. The summed E-state index contributed by atoms with van der Waals surface area (Å²) in [5, 5.41) is 5.93. The van der Waals surface area contributed by atoms with Crippen LogP contribution in [-0.2, 0) is 14.3 Å². The average Bonchev–Trinajstić information content (AvgIpc) is 2.55. The average molecular weight is 396 g/mol. The maximum absolute atomic E-state index is 13.3. The van der Waals surface area contributed by atoms with Crippen LogP contribution >= 0.6 is 0 Å². The van der Waals surface area contributed by atoms with Crippen LogP contribution in [0.4, 0.5) is 4.79 Å². The van der Waals surface area contributed by atoms with Gasteiger partial charge in [0.25, 0.3) is 0 Å². The number of hydrogen-bond donors (Lipinski definition) is 2. The zero-order valence-corrected chi connectivity index (χ0v) is 17.9. The van der Waals surface area contributed by atoms with Gasteiger partial charge in [0.2, 0.25) is 11.8 Å². The molecular formula is C21H37N3O4. The molecule has 7 heteroatoms. The largest absolute Gasteiger partial charge is 0.444 e. The molecule has 2 unspecified atom stereocenters. The second-order valence-electron chi connectivity index (χ2n) is 9.15. The molecule has 2 fully saturated rings. The molecule has 2 aliphatic rings. The first kappa shape index (κ1) is 22.5. The molecule has 0 bridgehead atoms. The van der Waals surface area contributed by atoms with Crippen molar-refractivity contribution in [3.63, 3.8) is 0 Å². The van der Waals surface area contributed by atoms with E-state index in [1.807, 2.05) is 25.7 Å². The molecule has 3 amide bonds. The summed E-state index contributed by atoms with van der Waals surface area (Å²) in [7, 11) is 0. The van der Waals surface area contributed by atoms with Crippen LogP contribution in [0.25, 0.3) is 0 Å². The van der Waals surface area contributed by atoms with Crippen molar-refractivity contribution in [2.24, 2.45) is 5.92 Å². The summed E-state index contributed by atoms with van der Waals surface area (Å²) in [5.74, 6) is -0.0965. The molecule has 28 heavy (non-hydrogen) atoms. The van der Waals surface area contributed by atoms with E-state index in [2.05, 4.69) is 10.6 Å². The Hall–Kier alpha value is -1.79. The number of hydrogen-bond acceptors (Lipinski definition) is 4. The van der Waals surface area contributed by atoms with Crippen molar-refractivity contribution in [2.75, 3.05) is 13.1 Å². The monoisotopic (exact) mass is 395 g/mol. The van der Waals surface area contributed by atoms with Crippen LogP contribution in [0.1, 0.15) is 79.1 Å². The summed E-state index contributed by atoms with van der Waals surface area (Å²) in [4.78, 5) is 38.7. The maximum Gasteiger partial charge on any atom is 0.407 e. The Balaban J connectivity index is 2.00. The normalized spacial score (nSPS) is 24.6. The van der Waals surface area contributed by atoms with E-state index in [1.165, 1.54) is 6.92 Å². The number of alkyl carbamates (subject to hydrolysis) is 1. The minimum absolute atomic E-state index is 0.0218. The molecule has 7 nitrogen and oxygen atoms in total. The van der Waals surface area contributed by atoms with Crippen molar-refractivity contribution in [2.45, 2.75) is 96.7 Å². The fourth-order valence-corrected chi connectivity index (χ4v) is 4.18. The summed E-state index contributed by atoms with van der Waals surface area (Å²) in [6.45, 7) is 8.35. The van der Waals surface area contributed by atoms with Crippen molar-refractivity contribution in [1.82, 2.24) is 15.5 Å². The number of ether oxygens (including phenoxy) is 1. The number of rotatable bonds is 3. The first-order valence-corrected chi connectivity index (χ1v) is 10.7. The SMILES string of the molecule is CC(=O)NC1CCN(C(=O)C2CCCCCCC2NC(=O)OC(C)(C)C)CC1. The fraction of sp³-hybridized carbons (Fsp3) is 0.857. The van der Waals surface area contributed by atoms with Crippen LogP contribution in [0.5, 0.6) is 0 Å². The first-order chi connectivity index (χ1) is 13.2. The van der Waals surface area contributed by atoms with Gasteiger partial charge in [0.15, 0.2) is 0 Å². The lowest BCUT2D eigenvalue weighted by atomic mass is 9.85. The predicted molar refractivity (Wildman–Crippen MR) is 108 cm³/mol. The molecule has 1 aliphatic carbocycles. The summed E-state index contributed by atoms with van der Waals surface area (Å²) in [5.41, 5.74) is -0.559. The molecule has 1 saturated heterocycles. The molecule has 0 radical (unpaired) electrons. The van der Waals surface area contributed by atoms with E-state index in [0.29, 0.717) is 13.1 Å². The molecular weight excluding hydrogens is 358 g/mol.